The Bertz CT molecular complexity index is 149. The topological polar surface area (TPSA) is 101 Å². The van der Waals surface area contributed by atoms with Crippen molar-refractivity contribution in [2.75, 3.05) is 0 Å². The molecule has 5 nitrogen and oxygen atoms in total. The summed E-state index contributed by atoms with van der Waals surface area (Å²) in [5.41, 5.74) is 5.00. The lowest BCUT2D eigenvalue weighted by molar-refractivity contribution is -0.139. The van der Waals surface area contributed by atoms with Gasteiger partial charge in [0.25, 0.3) is 0 Å². The van der Waals surface area contributed by atoms with Crippen molar-refractivity contribution in [2.45, 2.75) is 18.9 Å². The summed E-state index contributed by atoms with van der Waals surface area (Å²) >= 11 is 0. The number of carboxylic acids is 2. The van der Waals surface area contributed by atoms with E-state index in [-0.39, 0.29) is 14.3 Å². The molecule has 1 unspecified atom stereocenters. The predicted octanol–water partition coefficient (Wildman–Crippen LogP) is -0.491. The SMILES string of the molecule is NC(CCC(=O)O)C(=O)O.[HH]. The van der Waals surface area contributed by atoms with Gasteiger partial charge in [0, 0.05) is 7.85 Å². The maximum atomic E-state index is 9.99. The highest BCUT2D eigenvalue weighted by atomic mass is 16.4. The van der Waals surface area contributed by atoms with Crippen molar-refractivity contribution in [1.82, 2.24) is 0 Å². The molecule has 0 heterocycles. The molecule has 0 aromatic heterocycles. The normalized spacial score (nSPS) is 12.5. The second-order valence-electron chi connectivity index (χ2n) is 1.88. The fourth-order valence-corrected chi connectivity index (χ4v) is 0.402. The van der Waals surface area contributed by atoms with E-state index in [2.05, 4.69) is 0 Å². The Balaban J connectivity index is 0. The van der Waals surface area contributed by atoms with Crippen LogP contribution in [0.25, 0.3) is 0 Å². The zero-order valence-electron chi connectivity index (χ0n) is 5.28. The highest BCUT2D eigenvalue weighted by molar-refractivity contribution is 5.74. The minimum atomic E-state index is -1.17. The average Bonchev–Trinajstić information content (AvgIpc) is 1.82. The standard InChI is InChI=1S/C5H9NO4.H2/c6-3(5(9)10)1-2-4(7)8;/h3H,1-2,6H2,(H,7,8)(H,9,10);1H. The summed E-state index contributed by atoms with van der Waals surface area (Å²) in [7, 11) is 0. The lowest BCUT2D eigenvalue weighted by atomic mass is 10.2. The van der Waals surface area contributed by atoms with Gasteiger partial charge >= 0.3 is 11.9 Å². The quantitative estimate of drug-likeness (QED) is 0.500. The van der Waals surface area contributed by atoms with E-state index in [1.807, 2.05) is 0 Å². The van der Waals surface area contributed by atoms with Gasteiger partial charge in [-0.2, -0.15) is 0 Å². The summed E-state index contributed by atoms with van der Waals surface area (Å²) < 4.78 is 0. The first-order valence-corrected chi connectivity index (χ1v) is 2.74. The van der Waals surface area contributed by atoms with Crippen molar-refractivity contribution in [3.63, 3.8) is 0 Å². The zero-order valence-corrected chi connectivity index (χ0v) is 5.28. The van der Waals surface area contributed by atoms with Crippen LogP contribution in [-0.2, 0) is 9.59 Å². The Kier molecular flexibility index (Phi) is 3.42. The van der Waals surface area contributed by atoms with Gasteiger partial charge in [-0.15, -0.1) is 0 Å². The maximum Gasteiger partial charge on any atom is 0.320 e. The van der Waals surface area contributed by atoms with Crippen LogP contribution in [0.5, 0.6) is 0 Å². The molecule has 1 atom stereocenters. The van der Waals surface area contributed by atoms with Gasteiger partial charge in [-0.25, -0.2) is 0 Å². The Morgan fingerprint density at radius 3 is 2.30 bits per heavy atom. The number of rotatable bonds is 4. The van der Waals surface area contributed by atoms with Crippen LogP contribution in [0.4, 0.5) is 0 Å². The van der Waals surface area contributed by atoms with E-state index in [1.165, 1.54) is 0 Å². The van der Waals surface area contributed by atoms with Crippen molar-refractivity contribution in [1.29, 1.82) is 0 Å². The number of carbonyl (C=O) groups is 2. The van der Waals surface area contributed by atoms with Crippen LogP contribution in [0.1, 0.15) is 14.3 Å². The van der Waals surface area contributed by atoms with E-state index >= 15 is 0 Å². The molecule has 0 fully saturated rings. The molecule has 0 saturated heterocycles. The molecule has 0 rings (SSSR count). The van der Waals surface area contributed by atoms with Crippen LogP contribution in [0.3, 0.4) is 0 Å². The predicted molar refractivity (Wildman–Crippen MR) is 34.6 cm³/mol. The highest BCUT2D eigenvalue weighted by Crippen LogP contribution is 1.93. The summed E-state index contributed by atoms with van der Waals surface area (Å²) in [5.74, 6) is -2.20. The minimum absolute atomic E-state index is 0. The van der Waals surface area contributed by atoms with E-state index in [0.29, 0.717) is 0 Å². The Morgan fingerprint density at radius 2 is 2.00 bits per heavy atom. The molecule has 60 valence electrons. The van der Waals surface area contributed by atoms with Crippen molar-refractivity contribution >= 4 is 11.9 Å². The number of aliphatic carboxylic acids is 2. The van der Waals surface area contributed by atoms with Crippen molar-refractivity contribution in [3.8, 4) is 0 Å². The number of hydrogen-bond acceptors (Lipinski definition) is 3. The largest absolute Gasteiger partial charge is 0.481 e. The van der Waals surface area contributed by atoms with Gasteiger partial charge in [0.05, 0.1) is 0 Å². The molecule has 0 radical (unpaired) electrons. The van der Waals surface area contributed by atoms with E-state index in [4.69, 9.17) is 15.9 Å². The molecule has 5 heteroatoms. The van der Waals surface area contributed by atoms with Gasteiger partial charge in [-0.3, -0.25) is 9.59 Å². The number of carboxylic acid groups (broad SMARTS) is 2. The molecule has 4 N–H and O–H groups in total. The lowest BCUT2D eigenvalue weighted by Crippen LogP contribution is -2.30. The van der Waals surface area contributed by atoms with Gasteiger partial charge in [0.2, 0.25) is 0 Å². The molecule has 0 bridgehead atoms. The molecule has 10 heavy (non-hydrogen) atoms. The van der Waals surface area contributed by atoms with Crippen LogP contribution < -0.4 is 5.73 Å². The first kappa shape index (κ1) is 8.90. The van der Waals surface area contributed by atoms with Crippen molar-refractivity contribution in [2.24, 2.45) is 5.73 Å². The fourth-order valence-electron chi connectivity index (χ4n) is 0.402. The van der Waals surface area contributed by atoms with Gasteiger partial charge in [-0.1, -0.05) is 0 Å². The van der Waals surface area contributed by atoms with Crippen LogP contribution in [0.2, 0.25) is 0 Å². The van der Waals surface area contributed by atoms with Crippen LogP contribution >= 0.6 is 0 Å². The second kappa shape index (κ2) is 3.84. The van der Waals surface area contributed by atoms with E-state index in [0.717, 1.165) is 0 Å². The van der Waals surface area contributed by atoms with Gasteiger partial charge in [-0.05, 0) is 6.42 Å². The molecule has 0 spiro atoms. The summed E-state index contributed by atoms with van der Waals surface area (Å²) in [5, 5.41) is 16.3. The van der Waals surface area contributed by atoms with Crippen LogP contribution in [-0.4, -0.2) is 28.2 Å². The molecular weight excluding hydrogens is 138 g/mol. The van der Waals surface area contributed by atoms with Gasteiger partial charge < -0.3 is 15.9 Å². The third-order valence-electron chi connectivity index (χ3n) is 0.986. The van der Waals surface area contributed by atoms with E-state index in [1.54, 1.807) is 0 Å². The lowest BCUT2D eigenvalue weighted by Gasteiger charge is -2.01. The molecule has 0 aliphatic rings. The molecule has 0 aliphatic carbocycles. The zero-order chi connectivity index (χ0) is 8.15. The number of hydrogen-bond donors (Lipinski definition) is 3. The smallest absolute Gasteiger partial charge is 0.320 e. The van der Waals surface area contributed by atoms with Gasteiger partial charge in [0.15, 0.2) is 0 Å². The Labute approximate surface area is 58.9 Å². The van der Waals surface area contributed by atoms with Crippen LogP contribution in [0, 0.1) is 0 Å². The summed E-state index contributed by atoms with van der Waals surface area (Å²) in [6.07, 6.45) is -0.224. The maximum absolute atomic E-state index is 9.99. The monoisotopic (exact) mass is 149 g/mol. The Morgan fingerprint density at radius 1 is 1.50 bits per heavy atom. The first-order chi connectivity index (χ1) is 4.54. The molecular formula is C5H11NO4. The number of nitrogens with two attached hydrogens (primary N) is 1. The average molecular weight is 149 g/mol. The van der Waals surface area contributed by atoms with E-state index in [9.17, 15) is 9.59 Å². The molecule has 0 aromatic carbocycles. The minimum Gasteiger partial charge on any atom is -0.481 e. The summed E-state index contributed by atoms with van der Waals surface area (Å²) in [6.45, 7) is 0. The Hall–Kier alpha value is -1.10. The summed E-state index contributed by atoms with van der Waals surface area (Å²) in [4.78, 5) is 19.9. The summed E-state index contributed by atoms with van der Waals surface area (Å²) in [6, 6.07) is -1.06. The molecule has 0 saturated carbocycles. The van der Waals surface area contributed by atoms with Gasteiger partial charge in [0.1, 0.15) is 6.04 Å². The van der Waals surface area contributed by atoms with Crippen molar-refractivity contribution < 1.29 is 21.2 Å². The van der Waals surface area contributed by atoms with Crippen LogP contribution in [0.15, 0.2) is 0 Å². The first-order valence-electron chi connectivity index (χ1n) is 2.74. The molecule has 0 amide bonds. The second-order valence-corrected chi connectivity index (χ2v) is 1.88. The third-order valence-corrected chi connectivity index (χ3v) is 0.986. The fraction of sp³-hybridized carbons (Fsp3) is 0.600. The molecule has 0 aromatic rings. The molecule has 0 aliphatic heterocycles. The van der Waals surface area contributed by atoms with E-state index < -0.39 is 18.0 Å². The van der Waals surface area contributed by atoms with Crippen molar-refractivity contribution in [3.05, 3.63) is 0 Å². The third kappa shape index (κ3) is 3.85. The highest BCUT2D eigenvalue weighted by Gasteiger charge is 2.12.